The number of aliphatic hydroxyl groups is 1. The summed E-state index contributed by atoms with van der Waals surface area (Å²) in [6.45, 7) is 1.55. The molecule has 0 fully saturated rings. The molecular formula is C11H11BrO5. The maximum absolute atomic E-state index is 11.8. The molecule has 0 aliphatic carbocycles. The molecular weight excluding hydrogens is 292 g/mol. The molecule has 0 aromatic heterocycles. The van der Waals surface area contributed by atoms with E-state index in [-0.39, 0.29) is 16.9 Å². The van der Waals surface area contributed by atoms with Crippen molar-refractivity contribution in [3.63, 3.8) is 0 Å². The van der Waals surface area contributed by atoms with Gasteiger partial charge in [0.1, 0.15) is 5.75 Å². The first-order valence-electron chi connectivity index (χ1n) is 4.77. The van der Waals surface area contributed by atoms with Crippen molar-refractivity contribution in [1.29, 1.82) is 0 Å². The summed E-state index contributed by atoms with van der Waals surface area (Å²) in [6, 6.07) is 3.92. The van der Waals surface area contributed by atoms with Crippen LogP contribution in [0.4, 0.5) is 0 Å². The number of benzene rings is 1. The summed E-state index contributed by atoms with van der Waals surface area (Å²) in [7, 11) is 0. The van der Waals surface area contributed by atoms with Crippen molar-refractivity contribution < 1.29 is 24.9 Å². The minimum Gasteiger partial charge on any atom is -0.507 e. The molecule has 6 heteroatoms. The van der Waals surface area contributed by atoms with E-state index in [2.05, 4.69) is 15.9 Å². The molecule has 3 N–H and O–H groups in total. The minimum absolute atomic E-state index is 0.117. The van der Waals surface area contributed by atoms with Crippen molar-refractivity contribution in [2.24, 2.45) is 0 Å². The van der Waals surface area contributed by atoms with Crippen LogP contribution in [0.3, 0.4) is 0 Å². The highest BCUT2D eigenvalue weighted by molar-refractivity contribution is 9.10. The van der Waals surface area contributed by atoms with Crippen molar-refractivity contribution >= 4 is 27.7 Å². The Morgan fingerprint density at radius 3 is 2.41 bits per heavy atom. The molecule has 0 radical (unpaired) electrons. The van der Waals surface area contributed by atoms with Gasteiger partial charge < -0.3 is 15.3 Å². The van der Waals surface area contributed by atoms with E-state index in [9.17, 15) is 19.8 Å². The molecule has 0 spiro atoms. The standard InChI is InChI=1S/C11H11BrO5/c1-5(12)9(14)8-6(10(15)11(16)17)3-2-4-7(8)13/h2-5,10,13,15H,1H3,(H,16,17). The number of carbonyl (C=O) groups is 2. The number of phenolic OH excluding ortho intramolecular Hbond substituents is 1. The van der Waals surface area contributed by atoms with Crippen molar-refractivity contribution in [2.75, 3.05) is 0 Å². The topological polar surface area (TPSA) is 94.8 Å². The lowest BCUT2D eigenvalue weighted by Crippen LogP contribution is -2.18. The fourth-order valence-electron chi connectivity index (χ4n) is 1.39. The Labute approximate surface area is 106 Å². The quantitative estimate of drug-likeness (QED) is 0.578. The van der Waals surface area contributed by atoms with E-state index in [0.29, 0.717) is 0 Å². The number of carboxylic acids is 1. The average Bonchev–Trinajstić information content (AvgIpc) is 2.26. The number of aromatic hydroxyl groups is 1. The third-order valence-corrected chi connectivity index (χ3v) is 2.63. The van der Waals surface area contributed by atoms with Crippen LogP contribution in [-0.2, 0) is 4.79 Å². The van der Waals surface area contributed by atoms with E-state index in [1.165, 1.54) is 18.2 Å². The van der Waals surface area contributed by atoms with Gasteiger partial charge in [-0.15, -0.1) is 0 Å². The number of aliphatic carboxylic acids is 1. The number of halogens is 1. The number of alkyl halides is 1. The van der Waals surface area contributed by atoms with Crippen LogP contribution in [-0.4, -0.2) is 31.9 Å². The number of Topliss-reactive ketones (excluding diaryl/α,β-unsaturated/α-hetero) is 1. The van der Waals surface area contributed by atoms with Crippen LogP contribution in [0.2, 0.25) is 0 Å². The van der Waals surface area contributed by atoms with Gasteiger partial charge in [0.25, 0.3) is 0 Å². The van der Waals surface area contributed by atoms with Crippen molar-refractivity contribution in [2.45, 2.75) is 17.9 Å². The number of carboxylic acid groups (broad SMARTS) is 1. The minimum atomic E-state index is -1.84. The Hall–Kier alpha value is -1.40. The Bertz CT molecular complexity index is 455. The summed E-state index contributed by atoms with van der Waals surface area (Å²) in [5.41, 5.74) is -0.291. The molecule has 2 unspecified atom stereocenters. The fraction of sp³-hybridized carbons (Fsp3) is 0.273. The van der Waals surface area contributed by atoms with Gasteiger partial charge in [0.15, 0.2) is 11.9 Å². The van der Waals surface area contributed by atoms with Crippen molar-refractivity contribution in [3.05, 3.63) is 29.3 Å². The molecule has 0 heterocycles. The first-order chi connectivity index (χ1) is 7.86. The highest BCUT2D eigenvalue weighted by Gasteiger charge is 2.26. The van der Waals surface area contributed by atoms with E-state index in [0.717, 1.165) is 0 Å². The Kier molecular flexibility index (Phi) is 4.25. The molecule has 0 aliphatic heterocycles. The van der Waals surface area contributed by atoms with Crippen LogP contribution in [0.25, 0.3) is 0 Å². The molecule has 17 heavy (non-hydrogen) atoms. The van der Waals surface area contributed by atoms with E-state index in [1.54, 1.807) is 6.92 Å². The second-order valence-corrected chi connectivity index (χ2v) is 4.84. The number of carbonyl (C=O) groups excluding carboxylic acids is 1. The first-order valence-corrected chi connectivity index (χ1v) is 5.68. The van der Waals surface area contributed by atoms with Crippen LogP contribution in [0.1, 0.15) is 28.9 Å². The molecule has 5 nitrogen and oxygen atoms in total. The van der Waals surface area contributed by atoms with Crippen LogP contribution in [0.5, 0.6) is 5.75 Å². The zero-order chi connectivity index (χ0) is 13.2. The molecule has 0 saturated carbocycles. The summed E-state index contributed by atoms with van der Waals surface area (Å²) >= 11 is 3.04. The molecule has 92 valence electrons. The van der Waals surface area contributed by atoms with Gasteiger partial charge in [0, 0.05) is 5.56 Å². The number of phenols is 1. The lowest BCUT2D eigenvalue weighted by molar-refractivity contribution is -0.146. The van der Waals surface area contributed by atoms with Crippen LogP contribution < -0.4 is 0 Å². The smallest absolute Gasteiger partial charge is 0.337 e. The number of hydrogen-bond acceptors (Lipinski definition) is 4. The molecule has 2 atom stereocenters. The summed E-state index contributed by atoms with van der Waals surface area (Å²) in [4.78, 5) is 21.9. The maximum atomic E-state index is 11.8. The number of ketones is 1. The third-order valence-electron chi connectivity index (χ3n) is 2.21. The second-order valence-electron chi connectivity index (χ2n) is 3.46. The van der Waals surface area contributed by atoms with Gasteiger partial charge in [-0.3, -0.25) is 4.79 Å². The number of hydrogen-bond donors (Lipinski definition) is 3. The molecule has 0 amide bonds. The normalized spacial score (nSPS) is 14.1. The molecule has 1 rings (SSSR count). The van der Waals surface area contributed by atoms with E-state index < -0.39 is 22.7 Å². The summed E-state index contributed by atoms with van der Waals surface area (Å²) in [5.74, 6) is -2.32. The summed E-state index contributed by atoms with van der Waals surface area (Å²) in [6.07, 6.45) is -1.84. The molecule has 0 saturated heterocycles. The SMILES string of the molecule is CC(Br)C(=O)c1c(O)cccc1C(O)C(=O)O. The zero-order valence-corrected chi connectivity index (χ0v) is 10.5. The Balaban J connectivity index is 3.36. The van der Waals surface area contributed by atoms with Crippen LogP contribution >= 0.6 is 15.9 Å². The highest BCUT2D eigenvalue weighted by atomic mass is 79.9. The average molecular weight is 303 g/mol. The highest BCUT2D eigenvalue weighted by Crippen LogP contribution is 2.28. The lowest BCUT2D eigenvalue weighted by Gasteiger charge is -2.13. The van der Waals surface area contributed by atoms with E-state index >= 15 is 0 Å². The number of rotatable bonds is 4. The molecule has 1 aromatic rings. The van der Waals surface area contributed by atoms with E-state index in [4.69, 9.17) is 5.11 Å². The Morgan fingerprint density at radius 2 is 1.94 bits per heavy atom. The van der Waals surface area contributed by atoms with E-state index in [1.807, 2.05) is 0 Å². The molecule has 0 bridgehead atoms. The number of aliphatic hydroxyl groups excluding tert-OH is 1. The van der Waals surface area contributed by atoms with Gasteiger partial charge in [-0.2, -0.15) is 0 Å². The van der Waals surface area contributed by atoms with Crippen LogP contribution in [0.15, 0.2) is 18.2 Å². The predicted molar refractivity (Wildman–Crippen MR) is 63.4 cm³/mol. The lowest BCUT2D eigenvalue weighted by atomic mass is 9.97. The van der Waals surface area contributed by atoms with Gasteiger partial charge in [-0.05, 0) is 13.0 Å². The molecule has 1 aromatic carbocycles. The van der Waals surface area contributed by atoms with Gasteiger partial charge in [-0.25, -0.2) is 4.79 Å². The fourth-order valence-corrected chi connectivity index (χ4v) is 1.61. The van der Waals surface area contributed by atoms with Gasteiger partial charge in [-0.1, -0.05) is 28.1 Å². The van der Waals surface area contributed by atoms with Crippen molar-refractivity contribution in [1.82, 2.24) is 0 Å². The first kappa shape index (κ1) is 13.7. The monoisotopic (exact) mass is 302 g/mol. The van der Waals surface area contributed by atoms with Crippen molar-refractivity contribution in [3.8, 4) is 5.75 Å². The summed E-state index contributed by atoms with van der Waals surface area (Å²) in [5, 5.41) is 27.8. The Morgan fingerprint density at radius 1 is 1.35 bits per heavy atom. The van der Waals surface area contributed by atoms with Gasteiger partial charge >= 0.3 is 5.97 Å². The third kappa shape index (κ3) is 2.83. The van der Waals surface area contributed by atoms with Gasteiger partial charge in [0.2, 0.25) is 0 Å². The molecule has 0 aliphatic rings. The zero-order valence-electron chi connectivity index (χ0n) is 8.92. The largest absolute Gasteiger partial charge is 0.507 e. The van der Waals surface area contributed by atoms with Gasteiger partial charge in [0.05, 0.1) is 10.4 Å². The summed E-state index contributed by atoms with van der Waals surface area (Å²) < 4.78 is 0. The predicted octanol–water partition coefficient (Wildman–Crippen LogP) is 1.48. The maximum Gasteiger partial charge on any atom is 0.337 e. The second kappa shape index (κ2) is 5.29. The van der Waals surface area contributed by atoms with Crippen LogP contribution in [0, 0.1) is 0 Å².